The van der Waals surface area contributed by atoms with Gasteiger partial charge in [0.1, 0.15) is 0 Å². The van der Waals surface area contributed by atoms with E-state index in [1.54, 1.807) is 0 Å². The second-order valence-electron chi connectivity index (χ2n) is 3.67. The predicted molar refractivity (Wildman–Crippen MR) is 66.2 cm³/mol. The van der Waals surface area contributed by atoms with Crippen LogP contribution in [0.5, 0.6) is 0 Å². The molecule has 84 valence electrons. The molecular weight excluding hydrogens is 194 g/mol. The largest absolute Gasteiger partial charge is 0.387 e. The SMILES string of the molecule is CCSCCCN(C)CC(C)C(=N)N. The van der Waals surface area contributed by atoms with Crippen molar-refractivity contribution < 1.29 is 0 Å². The monoisotopic (exact) mass is 217 g/mol. The average Bonchev–Trinajstić information content (AvgIpc) is 2.12. The lowest BCUT2D eigenvalue weighted by Crippen LogP contribution is -2.32. The summed E-state index contributed by atoms with van der Waals surface area (Å²) in [7, 11) is 2.09. The summed E-state index contributed by atoms with van der Waals surface area (Å²) in [5, 5.41) is 7.28. The van der Waals surface area contributed by atoms with Crippen LogP contribution in [0.25, 0.3) is 0 Å². The molecule has 3 nitrogen and oxygen atoms in total. The lowest BCUT2D eigenvalue weighted by molar-refractivity contribution is 0.315. The van der Waals surface area contributed by atoms with E-state index >= 15 is 0 Å². The van der Waals surface area contributed by atoms with E-state index in [1.165, 1.54) is 17.9 Å². The van der Waals surface area contributed by atoms with Crippen LogP contribution in [0.3, 0.4) is 0 Å². The van der Waals surface area contributed by atoms with Crippen molar-refractivity contribution >= 4 is 17.6 Å². The molecule has 0 aliphatic heterocycles. The second kappa shape index (κ2) is 8.12. The number of thioether (sulfide) groups is 1. The summed E-state index contributed by atoms with van der Waals surface area (Å²) in [6, 6.07) is 0. The molecule has 0 heterocycles. The van der Waals surface area contributed by atoms with Gasteiger partial charge >= 0.3 is 0 Å². The first-order chi connectivity index (χ1) is 6.57. The molecule has 0 saturated heterocycles. The van der Waals surface area contributed by atoms with Crippen molar-refractivity contribution in [3.05, 3.63) is 0 Å². The zero-order valence-electron chi connectivity index (χ0n) is 9.55. The highest BCUT2D eigenvalue weighted by Gasteiger charge is 2.08. The molecule has 3 N–H and O–H groups in total. The molecule has 0 aromatic heterocycles. The lowest BCUT2D eigenvalue weighted by atomic mass is 10.1. The first kappa shape index (κ1) is 13.8. The molecule has 0 radical (unpaired) electrons. The van der Waals surface area contributed by atoms with Crippen LogP contribution in [0.4, 0.5) is 0 Å². The molecule has 1 atom stereocenters. The van der Waals surface area contributed by atoms with Crippen LogP contribution in [-0.2, 0) is 0 Å². The van der Waals surface area contributed by atoms with E-state index in [9.17, 15) is 0 Å². The first-order valence-corrected chi connectivity index (χ1v) is 6.33. The van der Waals surface area contributed by atoms with Crippen molar-refractivity contribution in [3.63, 3.8) is 0 Å². The molecular formula is C10H23N3S. The Labute approximate surface area is 91.9 Å². The Morgan fingerprint density at radius 3 is 2.71 bits per heavy atom. The zero-order valence-corrected chi connectivity index (χ0v) is 10.4. The molecule has 1 unspecified atom stereocenters. The van der Waals surface area contributed by atoms with Gasteiger partial charge < -0.3 is 10.6 Å². The molecule has 0 bridgehead atoms. The highest BCUT2D eigenvalue weighted by molar-refractivity contribution is 7.99. The standard InChI is InChI=1S/C10H23N3S/c1-4-14-7-5-6-13(3)8-9(2)10(11)12/h9H,4-8H2,1-3H3,(H3,11,12). The number of rotatable bonds is 8. The molecule has 0 rings (SSSR count). The van der Waals surface area contributed by atoms with Crippen LogP contribution in [0.15, 0.2) is 0 Å². The summed E-state index contributed by atoms with van der Waals surface area (Å²) >= 11 is 1.98. The van der Waals surface area contributed by atoms with E-state index in [1.807, 2.05) is 18.7 Å². The zero-order chi connectivity index (χ0) is 11.0. The molecule has 14 heavy (non-hydrogen) atoms. The van der Waals surface area contributed by atoms with Crippen LogP contribution >= 0.6 is 11.8 Å². The van der Waals surface area contributed by atoms with Crippen LogP contribution in [-0.4, -0.2) is 42.4 Å². The maximum absolute atomic E-state index is 7.28. The minimum absolute atomic E-state index is 0.179. The lowest BCUT2D eigenvalue weighted by Gasteiger charge is -2.20. The number of nitrogens with zero attached hydrogens (tertiary/aromatic N) is 1. The molecule has 0 aromatic carbocycles. The highest BCUT2D eigenvalue weighted by Crippen LogP contribution is 2.03. The smallest absolute Gasteiger partial charge is 0.0947 e. The maximum atomic E-state index is 7.28. The van der Waals surface area contributed by atoms with Crippen molar-refractivity contribution in [2.24, 2.45) is 11.7 Å². The molecule has 4 heteroatoms. The van der Waals surface area contributed by atoms with Gasteiger partial charge in [0.05, 0.1) is 5.84 Å². The van der Waals surface area contributed by atoms with Gasteiger partial charge in [0.2, 0.25) is 0 Å². The second-order valence-corrected chi connectivity index (χ2v) is 5.06. The van der Waals surface area contributed by atoms with Gasteiger partial charge in [0.25, 0.3) is 0 Å². The quantitative estimate of drug-likeness (QED) is 0.369. The van der Waals surface area contributed by atoms with Gasteiger partial charge in [0, 0.05) is 12.5 Å². The predicted octanol–water partition coefficient (Wildman–Crippen LogP) is 1.63. The van der Waals surface area contributed by atoms with Crippen molar-refractivity contribution in [2.75, 3.05) is 31.6 Å². The number of nitrogens with one attached hydrogen (secondary N) is 1. The fourth-order valence-corrected chi connectivity index (χ4v) is 1.86. The number of hydrogen-bond acceptors (Lipinski definition) is 3. The highest BCUT2D eigenvalue weighted by atomic mass is 32.2. The Morgan fingerprint density at radius 2 is 2.21 bits per heavy atom. The molecule has 0 aromatic rings. The van der Waals surface area contributed by atoms with Gasteiger partial charge in [0.15, 0.2) is 0 Å². The van der Waals surface area contributed by atoms with Crippen LogP contribution in [0.1, 0.15) is 20.3 Å². The summed E-state index contributed by atoms with van der Waals surface area (Å²) in [5.41, 5.74) is 5.41. The van der Waals surface area contributed by atoms with Crippen LogP contribution in [0.2, 0.25) is 0 Å². The van der Waals surface area contributed by atoms with Crippen molar-refractivity contribution in [3.8, 4) is 0 Å². The first-order valence-electron chi connectivity index (χ1n) is 5.18. The molecule has 0 aliphatic rings. The third kappa shape index (κ3) is 7.21. The van der Waals surface area contributed by atoms with Crippen molar-refractivity contribution in [2.45, 2.75) is 20.3 Å². The average molecular weight is 217 g/mol. The molecule has 0 fully saturated rings. The Hall–Kier alpha value is -0.220. The normalized spacial score (nSPS) is 13.1. The van der Waals surface area contributed by atoms with Gasteiger partial charge in [-0.15, -0.1) is 0 Å². The van der Waals surface area contributed by atoms with Gasteiger partial charge in [-0.25, -0.2) is 0 Å². The van der Waals surface area contributed by atoms with Crippen molar-refractivity contribution in [1.29, 1.82) is 5.41 Å². The summed E-state index contributed by atoms with van der Waals surface area (Å²) in [6.07, 6.45) is 1.22. The van der Waals surface area contributed by atoms with Gasteiger partial charge in [-0.2, -0.15) is 11.8 Å². The fraction of sp³-hybridized carbons (Fsp3) is 0.900. The van der Waals surface area contributed by atoms with E-state index in [0.29, 0.717) is 5.84 Å². The van der Waals surface area contributed by atoms with Gasteiger partial charge in [-0.1, -0.05) is 13.8 Å². The van der Waals surface area contributed by atoms with E-state index in [-0.39, 0.29) is 5.92 Å². The molecule has 0 amide bonds. The molecule has 0 saturated carbocycles. The third-order valence-electron chi connectivity index (χ3n) is 2.15. The molecule has 0 spiro atoms. The van der Waals surface area contributed by atoms with Gasteiger partial charge in [-0.05, 0) is 31.5 Å². The summed E-state index contributed by atoms with van der Waals surface area (Å²) < 4.78 is 0. The third-order valence-corrected chi connectivity index (χ3v) is 3.13. The van der Waals surface area contributed by atoms with Crippen LogP contribution in [0, 0.1) is 11.3 Å². The number of amidine groups is 1. The Morgan fingerprint density at radius 1 is 1.57 bits per heavy atom. The topological polar surface area (TPSA) is 53.1 Å². The molecule has 0 aliphatic carbocycles. The summed E-state index contributed by atoms with van der Waals surface area (Å²) in [4.78, 5) is 2.25. The summed E-state index contributed by atoms with van der Waals surface area (Å²) in [5.74, 6) is 2.90. The van der Waals surface area contributed by atoms with Crippen molar-refractivity contribution in [1.82, 2.24) is 4.90 Å². The summed E-state index contributed by atoms with van der Waals surface area (Å²) in [6.45, 7) is 6.18. The Kier molecular flexibility index (Phi) is 7.99. The van der Waals surface area contributed by atoms with E-state index in [0.717, 1.165) is 13.1 Å². The Balaban J connectivity index is 3.45. The fourth-order valence-electron chi connectivity index (χ4n) is 1.24. The number of nitrogens with two attached hydrogens (primary N) is 1. The van der Waals surface area contributed by atoms with Crippen LogP contribution < -0.4 is 5.73 Å². The Bertz CT molecular complexity index is 161. The van der Waals surface area contributed by atoms with E-state index in [4.69, 9.17) is 11.1 Å². The van der Waals surface area contributed by atoms with E-state index < -0.39 is 0 Å². The number of hydrogen-bond donors (Lipinski definition) is 2. The minimum Gasteiger partial charge on any atom is -0.387 e. The van der Waals surface area contributed by atoms with Gasteiger partial charge in [-0.3, -0.25) is 5.41 Å². The minimum atomic E-state index is 0.179. The maximum Gasteiger partial charge on any atom is 0.0947 e. The van der Waals surface area contributed by atoms with E-state index in [2.05, 4.69) is 18.9 Å².